The molecule has 2 heterocycles. The molecule has 13 heavy (non-hydrogen) atoms. The highest BCUT2D eigenvalue weighted by Crippen LogP contribution is 2.20. The van der Waals surface area contributed by atoms with E-state index in [4.69, 9.17) is 0 Å². The summed E-state index contributed by atoms with van der Waals surface area (Å²) in [5, 5.41) is 3.88. The molecule has 0 saturated heterocycles. The van der Waals surface area contributed by atoms with E-state index in [1.165, 1.54) is 6.20 Å². The fraction of sp³-hybridized carbons (Fsp3) is 0. The molecule has 64 valence electrons. The van der Waals surface area contributed by atoms with Crippen molar-refractivity contribution in [2.75, 3.05) is 0 Å². The number of aldehydes is 1. The normalized spacial score (nSPS) is 9.85. The summed E-state index contributed by atoms with van der Waals surface area (Å²) in [6.45, 7) is 0. The van der Waals surface area contributed by atoms with E-state index in [0.29, 0.717) is 11.4 Å². The molecule has 2 aromatic heterocycles. The maximum atomic E-state index is 10.6. The van der Waals surface area contributed by atoms with Crippen LogP contribution in [0.25, 0.3) is 11.3 Å². The van der Waals surface area contributed by atoms with Crippen LogP contribution in [0.4, 0.5) is 0 Å². The fourth-order valence-corrected chi connectivity index (χ4v) is 1.70. The van der Waals surface area contributed by atoms with Crippen LogP contribution in [-0.4, -0.2) is 16.3 Å². The third kappa shape index (κ3) is 1.48. The predicted molar refractivity (Wildman–Crippen MR) is 50.7 cm³/mol. The van der Waals surface area contributed by atoms with Crippen molar-refractivity contribution in [3.8, 4) is 11.3 Å². The molecular weight excluding hydrogens is 184 g/mol. The zero-order valence-corrected chi connectivity index (χ0v) is 7.49. The van der Waals surface area contributed by atoms with E-state index in [1.807, 2.05) is 16.8 Å². The lowest BCUT2D eigenvalue weighted by Gasteiger charge is -1.97. The summed E-state index contributed by atoms with van der Waals surface area (Å²) in [5.41, 5.74) is 1.99. The Morgan fingerprint density at radius 2 is 2.15 bits per heavy atom. The lowest BCUT2D eigenvalue weighted by molar-refractivity contribution is 0.111. The van der Waals surface area contributed by atoms with Crippen LogP contribution in [-0.2, 0) is 0 Å². The summed E-state index contributed by atoms with van der Waals surface area (Å²) < 4.78 is 0. The fourth-order valence-electron chi connectivity index (χ4n) is 1.06. The van der Waals surface area contributed by atoms with Gasteiger partial charge in [-0.3, -0.25) is 9.78 Å². The van der Waals surface area contributed by atoms with Crippen molar-refractivity contribution in [3.05, 3.63) is 34.9 Å². The Kier molecular flexibility index (Phi) is 2.14. The first-order valence-electron chi connectivity index (χ1n) is 3.70. The van der Waals surface area contributed by atoms with Gasteiger partial charge in [0.1, 0.15) is 11.4 Å². The molecule has 0 aromatic carbocycles. The number of aromatic nitrogens is 2. The molecule has 0 saturated carbocycles. The number of nitrogens with zero attached hydrogens (tertiary/aromatic N) is 2. The van der Waals surface area contributed by atoms with E-state index >= 15 is 0 Å². The van der Waals surface area contributed by atoms with Crippen molar-refractivity contribution < 1.29 is 4.79 Å². The Balaban J connectivity index is 2.57. The average molecular weight is 190 g/mol. The van der Waals surface area contributed by atoms with Crippen LogP contribution in [0.3, 0.4) is 0 Å². The number of thiophene rings is 1. The summed E-state index contributed by atoms with van der Waals surface area (Å²) in [6.07, 6.45) is 3.82. The lowest BCUT2D eigenvalue weighted by atomic mass is 10.2. The highest BCUT2D eigenvalue weighted by molar-refractivity contribution is 7.08. The van der Waals surface area contributed by atoms with Crippen LogP contribution in [0, 0.1) is 0 Å². The quantitative estimate of drug-likeness (QED) is 0.680. The van der Waals surface area contributed by atoms with Crippen LogP contribution in [0.15, 0.2) is 29.2 Å². The van der Waals surface area contributed by atoms with E-state index < -0.39 is 0 Å². The zero-order valence-electron chi connectivity index (χ0n) is 6.68. The molecule has 0 amide bonds. The summed E-state index contributed by atoms with van der Waals surface area (Å²) in [7, 11) is 0. The van der Waals surface area contributed by atoms with Gasteiger partial charge in [0, 0.05) is 23.3 Å². The minimum absolute atomic E-state index is 0.390. The summed E-state index contributed by atoms with van der Waals surface area (Å²) in [6, 6.07) is 1.92. The van der Waals surface area contributed by atoms with Crippen molar-refractivity contribution in [1.29, 1.82) is 0 Å². The molecule has 0 aliphatic heterocycles. The van der Waals surface area contributed by atoms with Gasteiger partial charge in [0.05, 0.1) is 0 Å². The van der Waals surface area contributed by atoms with Gasteiger partial charge in [0.2, 0.25) is 0 Å². The Morgan fingerprint density at radius 3 is 2.85 bits per heavy atom. The molecule has 0 spiro atoms. The van der Waals surface area contributed by atoms with Crippen LogP contribution < -0.4 is 0 Å². The molecule has 2 aromatic rings. The first-order chi connectivity index (χ1) is 6.42. The van der Waals surface area contributed by atoms with Crippen LogP contribution >= 0.6 is 11.3 Å². The molecule has 2 rings (SSSR count). The van der Waals surface area contributed by atoms with E-state index in [-0.39, 0.29) is 0 Å². The molecule has 0 atom stereocenters. The molecule has 0 aliphatic rings. The molecular formula is C9H6N2OS. The Bertz CT molecular complexity index is 411. The van der Waals surface area contributed by atoms with Gasteiger partial charge < -0.3 is 0 Å². The van der Waals surface area contributed by atoms with Crippen molar-refractivity contribution in [2.45, 2.75) is 0 Å². The maximum absolute atomic E-state index is 10.6. The third-order valence-corrected chi connectivity index (χ3v) is 2.32. The maximum Gasteiger partial charge on any atom is 0.170 e. The van der Waals surface area contributed by atoms with Crippen molar-refractivity contribution in [2.24, 2.45) is 0 Å². The number of carbonyl (C=O) groups is 1. The Hall–Kier alpha value is -1.55. The molecule has 0 aliphatic carbocycles. The van der Waals surface area contributed by atoms with Crippen LogP contribution in [0.2, 0.25) is 0 Å². The molecule has 3 nitrogen and oxygen atoms in total. The van der Waals surface area contributed by atoms with E-state index in [2.05, 4.69) is 9.97 Å². The van der Waals surface area contributed by atoms with E-state index in [9.17, 15) is 4.79 Å². The molecule has 0 bridgehead atoms. The number of rotatable bonds is 2. The van der Waals surface area contributed by atoms with Crippen molar-refractivity contribution in [1.82, 2.24) is 9.97 Å². The van der Waals surface area contributed by atoms with E-state index in [1.54, 1.807) is 17.5 Å². The SMILES string of the molecule is O=Cc1nccnc1-c1ccsc1. The number of carbonyl (C=O) groups excluding carboxylic acids is 1. The van der Waals surface area contributed by atoms with Crippen LogP contribution in [0.5, 0.6) is 0 Å². The predicted octanol–water partition coefficient (Wildman–Crippen LogP) is 2.02. The largest absolute Gasteiger partial charge is 0.296 e. The second kappa shape index (κ2) is 3.45. The van der Waals surface area contributed by atoms with Crippen molar-refractivity contribution >= 4 is 17.6 Å². The van der Waals surface area contributed by atoms with Gasteiger partial charge in [-0.1, -0.05) is 0 Å². The highest BCUT2D eigenvalue weighted by Gasteiger charge is 2.05. The minimum atomic E-state index is 0.390. The van der Waals surface area contributed by atoms with Gasteiger partial charge in [-0.15, -0.1) is 0 Å². The second-order valence-corrected chi connectivity index (χ2v) is 3.20. The van der Waals surface area contributed by atoms with Gasteiger partial charge in [-0.2, -0.15) is 11.3 Å². The standard InChI is InChI=1S/C9H6N2OS/c12-5-8-9(11-3-2-10-8)7-1-4-13-6-7/h1-6H. The van der Waals surface area contributed by atoms with Gasteiger partial charge in [0.15, 0.2) is 6.29 Å². The Morgan fingerprint density at radius 1 is 1.31 bits per heavy atom. The second-order valence-electron chi connectivity index (χ2n) is 2.42. The molecule has 0 fully saturated rings. The highest BCUT2D eigenvalue weighted by atomic mass is 32.1. The first-order valence-corrected chi connectivity index (χ1v) is 4.65. The summed E-state index contributed by atoms with van der Waals surface area (Å²) in [5.74, 6) is 0. The van der Waals surface area contributed by atoms with Gasteiger partial charge in [-0.25, -0.2) is 4.98 Å². The van der Waals surface area contributed by atoms with E-state index in [0.717, 1.165) is 11.8 Å². The average Bonchev–Trinajstić information content (AvgIpc) is 2.70. The topological polar surface area (TPSA) is 42.9 Å². The third-order valence-electron chi connectivity index (χ3n) is 1.63. The number of hydrogen-bond acceptors (Lipinski definition) is 4. The first kappa shape index (κ1) is 8.07. The summed E-state index contributed by atoms with van der Waals surface area (Å²) >= 11 is 1.57. The molecule has 0 radical (unpaired) electrons. The zero-order chi connectivity index (χ0) is 9.10. The van der Waals surface area contributed by atoms with Gasteiger partial charge >= 0.3 is 0 Å². The van der Waals surface area contributed by atoms with Gasteiger partial charge in [-0.05, 0) is 11.4 Å². The molecule has 0 N–H and O–H groups in total. The van der Waals surface area contributed by atoms with Crippen molar-refractivity contribution in [3.63, 3.8) is 0 Å². The lowest BCUT2D eigenvalue weighted by Crippen LogP contribution is -1.93. The monoisotopic (exact) mass is 190 g/mol. The smallest absolute Gasteiger partial charge is 0.170 e. The van der Waals surface area contributed by atoms with Crippen LogP contribution in [0.1, 0.15) is 10.5 Å². The molecule has 4 heteroatoms. The minimum Gasteiger partial charge on any atom is -0.296 e. The number of hydrogen-bond donors (Lipinski definition) is 0. The Labute approximate surface area is 79.1 Å². The van der Waals surface area contributed by atoms with Gasteiger partial charge in [0.25, 0.3) is 0 Å². The summed E-state index contributed by atoms with van der Waals surface area (Å²) in [4.78, 5) is 18.7. The molecule has 0 unspecified atom stereocenters.